The molecule has 0 aliphatic carbocycles. The molecule has 0 fully saturated rings. The van der Waals surface area contributed by atoms with Crippen LogP contribution >= 0.6 is 0 Å². The van der Waals surface area contributed by atoms with Crippen LogP contribution in [0.5, 0.6) is 0 Å². The number of nitrogens with one attached hydrogen (secondary N) is 2. The van der Waals surface area contributed by atoms with Crippen LogP contribution in [0.1, 0.15) is 42.6 Å². The zero-order valence-electron chi connectivity index (χ0n) is 17.7. The minimum atomic E-state index is -0.135. The first kappa shape index (κ1) is 21.6. The van der Waals surface area contributed by atoms with E-state index in [1.807, 2.05) is 54.6 Å². The Bertz CT molecular complexity index is 897. The molecular weight excluding hydrogens is 370 g/mol. The molecular formula is C26H31N3O. The molecule has 30 heavy (non-hydrogen) atoms. The molecule has 3 rings (SSSR count). The summed E-state index contributed by atoms with van der Waals surface area (Å²) >= 11 is 0. The lowest BCUT2D eigenvalue weighted by atomic mass is 10.1. The van der Waals surface area contributed by atoms with Crippen molar-refractivity contribution in [2.45, 2.75) is 38.4 Å². The molecule has 4 heteroatoms. The van der Waals surface area contributed by atoms with Gasteiger partial charge < -0.3 is 15.7 Å². The van der Waals surface area contributed by atoms with E-state index in [9.17, 15) is 5.11 Å². The number of aliphatic hydroxyl groups is 1. The van der Waals surface area contributed by atoms with Crippen molar-refractivity contribution in [2.24, 2.45) is 4.99 Å². The number of guanidine groups is 1. The molecule has 0 saturated carbocycles. The van der Waals surface area contributed by atoms with Crippen LogP contribution in [-0.4, -0.2) is 23.7 Å². The van der Waals surface area contributed by atoms with E-state index in [0.29, 0.717) is 5.96 Å². The van der Waals surface area contributed by atoms with Crippen molar-refractivity contribution < 1.29 is 5.11 Å². The van der Waals surface area contributed by atoms with E-state index in [1.165, 1.54) is 11.1 Å². The third kappa shape index (κ3) is 6.46. The van der Waals surface area contributed by atoms with Gasteiger partial charge >= 0.3 is 0 Å². The molecule has 3 atom stereocenters. The predicted molar refractivity (Wildman–Crippen MR) is 124 cm³/mol. The molecule has 3 aromatic carbocycles. The van der Waals surface area contributed by atoms with Gasteiger partial charge in [0.15, 0.2) is 5.96 Å². The van der Waals surface area contributed by atoms with Crippen LogP contribution in [0.2, 0.25) is 0 Å². The van der Waals surface area contributed by atoms with Crippen molar-refractivity contribution in [1.29, 1.82) is 0 Å². The summed E-state index contributed by atoms with van der Waals surface area (Å²) in [5, 5.41) is 16.9. The predicted octanol–water partition coefficient (Wildman–Crippen LogP) is 4.65. The number of rotatable bonds is 8. The van der Waals surface area contributed by atoms with Crippen LogP contribution in [0.3, 0.4) is 0 Å². The third-order valence-electron chi connectivity index (χ3n) is 5.14. The standard InChI is InChI=1S/C26H31N3O/c1-20(23-14-8-4-9-15-23)27-26(28-21(2)24-16-10-5-11-17-24)29-25(19-30)18-22-12-6-3-7-13-22/h3-17,20-21,25,30H,18-19H2,1-2H3,(H2,27,28,29)/t20-,21-,25-/m0/s1. The maximum absolute atomic E-state index is 9.99. The van der Waals surface area contributed by atoms with E-state index in [2.05, 4.69) is 60.9 Å². The van der Waals surface area contributed by atoms with Gasteiger partial charge in [-0.2, -0.15) is 0 Å². The Morgan fingerprint density at radius 2 is 1.30 bits per heavy atom. The van der Waals surface area contributed by atoms with E-state index in [-0.39, 0.29) is 24.7 Å². The van der Waals surface area contributed by atoms with Crippen LogP contribution < -0.4 is 10.6 Å². The quantitative estimate of drug-likeness (QED) is 0.380. The van der Waals surface area contributed by atoms with E-state index < -0.39 is 0 Å². The van der Waals surface area contributed by atoms with Gasteiger partial charge in [-0.3, -0.25) is 0 Å². The second-order valence-corrected chi connectivity index (χ2v) is 7.55. The van der Waals surface area contributed by atoms with Gasteiger partial charge in [0.25, 0.3) is 0 Å². The zero-order valence-corrected chi connectivity index (χ0v) is 17.7. The summed E-state index contributed by atoms with van der Waals surface area (Å²) in [4.78, 5) is 4.92. The highest BCUT2D eigenvalue weighted by Gasteiger charge is 2.15. The molecule has 0 aliphatic heterocycles. The number of aliphatic hydroxyl groups excluding tert-OH is 1. The Hall–Kier alpha value is -3.11. The van der Waals surface area contributed by atoms with Crippen LogP contribution in [0.4, 0.5) is 0 Å². The summed E-state index contributed by atoms with van der Waals surface area (Å²) in [6.07, 6.45) is 0.720. The highest BCUT2D eigenvalue weighted by atomic mass is 16.3. The van der Waals surface area contributed by atoms with Gasteiger partial charge in [-0.25, -0.2) is 4.99 Å². The summed E-state index contributed by atoms with van der Waals surface area (Å²) in [6.45, 7) is 4.22. The highest BCUT2D eigenvalue weighted by Crippen LogP contribution is 2.17. The molecule has 3 N–H and O–H groups in total. The largest absolute Gasteiger partial charge is 0.394 e. The number of nitrogens with zero attached hydrogens (tertiary/aromatic N) is 1. The minimum absolute atomic E-state index is 0.0137. The Kier molecular flexibility index (Phi) is 8.04. The fourth-order valence-electron chi connectivity index (χ4n) is 3.40. The molecule has 3 aromatic rings. The lowest BCUT2D eigenvalue weighted by Crippen LogP contribution is -2.47. The smallest absolute Gasteiger partial charge is 0.192 e. The van der Waals surface area contributed by atoms with Gasteiger partial charge in [0.1, 0.15) is 0 Å². The van der Waals surface area contributed by atoms with Gasteiger partial charge in [0, 0.05) is 0 Å². The van der Waals surface area contributed by atoms with E-state index >= 15 is 0 Å². The van der Waals surface area contributed by atoms with Gasteiger partial charge in [-0.05, 0) is 37.0 Å². The summed E-state index contributed by atoms with van der Waals surface area (Å²) < 4.78 is 0. The lowest BCUT2D eigenvalue weighted by molar-refractivity contribution is 0.253. The Balaban J connectivity index is 1.79. The molecule has 0 heterocycles. The highest BCUT2D eigenvalue weighted by molar-refractivity contribution is 5.81. The van der Waals surface area contributed by atoms with Crippen molar-refractivity contribution in [2.75, 3.05) is 6.61 Å². The second-order valence-electron chi connectivity index (χ2n) is 7.55. The summed E-state index contributed by atoms with van der Waals surface area (Å²) in [7, 11) is 0. The molecule has 0 saturated heterocycles. The lowest BCUT2D eigenvalue weighted by Gasteiger charge is -2.24. The van der Waals surface area contributed by atoms with Crippen LogP contribution in [0.25, 0.3) is 0 Å². The van der Waals surface area contributed by atoms with Gasteiger partial charge in [0.2, 0.25) is 0 Å². The summed E-state index contributed by atoms with van der Waals surface area (Å²) in [5.74, 6) is 0.692. The monoisotopic (exact) mass is 401 g/mol. The minimum Gasteiger partial charge on any atom is -0.394 e. The normalized spacial score (nSPS) is 14.6. The summed E-state index contributed by atoms with van der Waals surface area (Å²) in [6, 6.07) is 30.7. The Labute approximate surface area is 179 Å². The maximum Gasteiger partial charge on any atom is 0.192 e. The van der Waals surface area contributed by atoms with Gasteiger partial charge in [-0.15, -0.1) is 0 Å². The molecule has 156 valence electrons. The Morgan fingerprint density at radius 1 is 0.767 bits per heavy atom. The molecule has 0 unspecified atom stereocenters. The van der Waals surface area contributed by atoms with Gasteiger partial charge in [0.05, 0.1) is 24.7 Å². The van der Waals surface area contributed by atoms with E-state index in [1.54, 1.807) is 0 Å². The third-order valence-corrected chi connectivity index (χ3v) is 5.14. The molecule has 4 nitrogen and oxygen atoms in total. The molecule has 0 bridgehead atoms. The van der Waals surface area contributed by atoms with Crippen molar-refractivity contribution in [3.63, 3.8) is 0 Å². The van der Waals surface area contributed by atoms with Crippen LogP contribution in [0, 0.1) is 0 Å². The second kappa shape index (κ2) is 11.2. The first-order valence-corrected chi connectivity index (χ1v) is 10.5. The first-order valence-electron chi connectivity index (χ1n) is 10.5. The molecule has 0 aliphatic rings. The number of aliphatic imine (C=N–C) groups is 1. The number of benzene rings is 3. The fraction of sp³-hybridized carbons (Fsp3) is 0.269. The topological polar surface area (TPSA) is 56.7 Å². The van der Waals surface area contributed by atoms with E-state index in [4.69, 9.17) is 4.99 Å². The maximum atomic E-state index is 9.99. The average molecular weight is 402 g/mol. The molecule has 0 amide bonds. The number of hydrogen-bond acceptors (Lipinski definition) is 2. The zero-order chi connectivity index (χ0) is 21.2. The van der Waals surface area contributed by atoms with E-state index in [0.717, 1.165) is 12.0 Å². The van der Waals surface area contributed by atoms with Crippen molar-refractivity contribution in [3.05, 3.63) is 108 Å². The van der Waals surface area contributed by atoms with Crippen molar-refractivity contribution in [3.8, 4) is 0 Å². The van der Waals surface area contributed by atoms with Crippen LogP contribution in [-0.2, 0) is 6.42 Å². The number of hydrogen-bond donors (Lipinski definition) is 3. The average Bonchev–Trinajstić information content (AvgIpc) is 2.80. The molecule has 0 radical (unpaired) electrons. The Morgan fingerprint density at radius 3 is 1.87 bits per heavy atom. The summed E-state index contributed by atoms with van der Waals surface area (Å²) in [5.41, 5.74) is 3.51. The van der Waals surface area contributed by atoms with Crippen molar-refractivity contribution >= 4 is 5.96 Å². The first-order chi connectivity index (χ1) is 14.7. The molecule has 0 aromatic heterocycles. The SMILES string of the molecule is C[C@H](N=C(N[C@H](CO)Cc1ccccc1)N[C@@H](C)c1ccccc1)c1ccccc1. The fourth-order valence-corrected chi connectivity index (χ4v) is 3.40. The van der Waals surface area contributed by atoms with Gasteiger partial charge in [-0.1, -0.05) is 91.0 Å². The van der Waals surface area contributed by atoms with Crippen LogP contribution in [0.15, 0.2) is 96.0 Å². The van der Waals surface area contributed by atoms with Crippen molar-refractivity contribution in [1.82, 2.24) is 10.6 Å². The molecule has 0 spiro atoms.